The summed E-state index contributed by atoms with van der Waals surface area (Å²) < 4.78 is 5.84. The standard InChI is InChI=1S/C18H30N2O/c1-4-10-19-13-16-12-15(3)8-9-18(16)20-11-6-7-17(14-20)21-5-2/h8-9,12,17,19H,4-7,10-11,13-14H2,1-3H3. The zero-order chi connectivity index (χ0) is 15.1. The molecular weight excluding hydrogens is 260 g/mol. The van der Waals surface area contributed by atoms with Gasteiger partial charge in [0.05, 0.1) is 6.10 Å². The Labute approximate surface area is 129 Å². The first-order valence-electron chi connectivity index (χ1n) is 8.41. The summed E-state index contributed by atoms with van der Waals surface area (Å²) in [7, 11) is 0. The summed E-state index contributed by atoms with van der Waals surface area (Å²) in [5.41, 5.74) is 4.14. The molecule has 1 aromatic rings. The molecule has 1 heterocycles. The fraction of sp³-hybridized carbons (Fsp3) is 0.667. The SMILES string of the molecule is CCCNCc1cc(C)ccc1N1CCCC(OCC)C1. The topological polar surface area (TPSA) is 24.5 Å². The molecule has 1 aliphatic heterocycles. The van der Waals surface area contributed by atoms with Crippen LogP contribution in [0.4, 0.5) is 5.69 Å². The van der Waals surface area contributed by atoms with E-state index in [2.05, 4.69) is 49.2 Å². The van der Waals surface area contributed by atoms with Crippen LogP contribution in [0.3, 0.4) is 0 Å². The highest BCUT2D eigenvalue weighted by Crippen LogP contribution is 2.26. The van der Waals surface area contributed by atoms with Crippen LogP contribution in [0.2, 0.25) is 0 Å². The largest absolute Gasteiger partial charge is 0.377 e. The van der Waals surface area contributed by atoms with Gasteiger partial charge in [-0.15, -0.1) is 0 Å². The maximum Gasteiger partial charge on any atom is 0.0750 e. The van der Waals surface area contributed by atoms with Crippen molar-refractivity contribution in [3.63, 3.8) is 0 Å². The minimum atomic E-state index is 0.390. The van der Waals surface area contributed by atoms with Crippen LogP contribution in [0.5, 0.6) is 0 Å². The van der Waals surface area contributed by atoms with E-state index in [1.54, 1.807) is 0 Å². The molecule has 1 aromatic carbocycles. The van der Waals surface area contributed by atoms with Gasteiger partial charge in [0.15, 0.2) is 0 Å². The lowest BCUT2D eigenvalue weighted by Crippen LogP contribution is -2.40. The van der Waals surface area contributed by atoms with E-state index >= 15 is 0 Å². The molecule has 21 heavy (non-hydrogen) atoms. The van der Waals surface area contributed by atoms with E-state index in [0.29, 0.717) is 6.10 Å². The third-order valence-electron chi connectivity index (χ3n) is 4.10. The predicted octanol–water partition coefficient (Wildman–Crippen LogP) is 3.50. The van der Waals surface area contributed by atoms with Crippen LogP contribution < -0.4 is 10.2 Å². The van der Waals surface area contributed by atoms with Crippen LogP contribution in [-0.4, -0.2) is 32.3 Å². The van der Waals surface area contributed by atoms with E-state index in [1.807, 2.05) is 0 Å². The summed E-state index contributed by atoms with van der Waals surface area (Å²) in [6.45, 7) is 11.5. The molecule has 1 unspecified atom stereocenters. The van der Waals surface area contributed by atoms with Gasteiger partial charge in [-0.25, -0.2) is 0 Å². The van der Waals surface area contributed by atoms with Crippen molar-refractivity contribution in [3.8, 4) is 0 Å². The molecule has 0 amide bonds. The summed E-state index contributed by atoms with van der Waals surface area (Å²) in [5.74, 6) is 0. The Bertz CT molecular complexity index is 431. The van der Waals surface area contributed by atoms with Gasteiger partial charge >= 0.3 is 0 Å². The number of benzene rings is 1. The molecule has 0 spiro atoms. The maximum atomic E-state index is 5.84. The second-order valence-corrected chi connectivity index (χ2v) is 5.97. The van der Waals surface area contributed by atoms with E-state index in [9.17, 15) is 0 Å². The summed E-state index contributed by atoms with van der Waals surface area (Å²) >= 11 is 0. The van der Waals surface area contributed by atoms with Gasteiger partial charge in [-0.05, 0) is 51.3 Å². The van der Waals surface area contributed by atoms with Crippen LogP contribution in [0.15, 0.2) is 18.2 Å². The molecule has 1 atom stereocenters. The minimum Gasteiger partial charge on any atom is -0.377 e. The first kappa shape index (κ1) is 16.3. The molecule has 0 aromatic heterocycles. The van der Waals surface area contributed by atoms with Crippen molar-refractivity contribution >= 4 is 5.69 Å². The van der Waals surface area contributed by atoms with Gasteiger partial charge in [0, 0.05) is 31.9 Å². The van der Waals surface area contributed by atoms with Crippen molar-refractivity contribution in [2.75, 3.05) is 31.1 Å². The number of hydrogen-bond acceptors (Lipinski definition) is 3. The summed E-state index contributed by atoms with van der Waals surface area (Å²) in [4.78, 5) is 2.51. The number of nitrogens with zero attached hydrogens (tertiary/aromatic N) is 1. The highest BCUT2D eigenvalue weighted by atomic mass is 16.5. The molecule has 1 fully saturated rings. The monoisotopic (exact) mass is 290 g/mol. The normalized spacial score (nSPS) is 19.0. The number of ether oxygens (including phenoxy) is 1. The van der Waals surface area contributed by atoms with E-state index in [0.717, 1.165) is 32.8 Å². The average Bonchev–Trinajstić information content (AvgIpc) is 2.48. The molecule has 1 N–H and O–H groups in total. The zero-order valence-corrected chi connectivity index (χ0v) is 13.8. The van der Waals surface area contributed by atoms with Crippen LogP contribution >= 0.6 is 0 Å². The zero-order valence-electron chi connectivity index (χ0n) is 13.8. The molecule has 1 aliphatic rings. The number of aryl methyl sites for hydroxylation is 1. The molecule has 3 nitrogen and oxygen atoms in total. The Kier molecular flexibility index (Phi) is 6.52. The van der Waals surface area contributed by atoms with Crippen molar-refractivity contribution in [3.05, 3.63) is 29.3 Å². The van der Waals surface area contributed by atoms with E-state index < -0.39 is 0 Å². The second-order valence-electron chi connectivity index (χ2n) is 5.97. The highest BCUT2D eigenvalue weighted by molar-refractivity contribution is 5.55. The predicted molar refractivity (Wildman–Crippen MR) is 90.0 cm³/mol. The highest BCUT2D eigenvalue weighted by Gasteiger charge is 2.21. The first-order chi connectivity index (χ1) is 10.2. The molecule has 0 aliphatic carbocycles. The summed E-state index contributed by atoms with van der Waals surface area (Å²) in [6, 6.07) is 6.83. The van der Waals surface area contributed by atoms with Gasteiger partial charge in [-0.1, -0.05) is 24.6 Å². The van der Waals surface area contributed by atoms with Gasteiger partial charge in [0.1, 0.15) is 0 Å². The number of nitrogens with one attached hydrogen (secondary N) is 1. The minimum absolute atomic E-state index is 0.390. The Hall–Kier alpha value is -1.06. The number of piperidine rings is 1. The quantitative estimate of drug-likeness (QED) is 0.778. The van der Waals surface area contributed by atoms with Gasteiger partial charge in [-0.3, -0.25) is 0 Å². The third-order valence-corrected chi connectivity index (χ3v) is 4.10. The Morgan fingerprint density at radius 1 is 1.33 bits per heavy atom. The van der Waals surface area contributed by atoms with E-state index in [4.69, 9.17) is 4.74 Å². The Morgan fingerprint density at radius 2 is 2.19 bits per heavy atom. The lowest BCUT2D eigenvalue weighted by Gasteiger charge is -2.35. The summed E-state index contributed by atoms with van der Waals surface area (Å²) in [6.07, 6.45) is 3.98. The van der Waals surface area contributed by atoms with Gasteiger partial charge in [0.2, 0.25) is 0 Å². The summed E-state index contributed by atoms with van der Waals surface area (Å²) in [5, 5.41) is 3.54. The Morgan fingerprint density at radius 3 is 2.95 bits per heavy atom. The molecule has 0 radical (unpaired) electrons. The first-order valence-corrected chi connectivity index (χ1v) is 8.41. The fourth-order valence-corrected chi connectivity index (χ4v) is 3.09. The fourth-order valence-electron chi connectivity index (χ4n) is 3.09. The van der Waals surface area contributed by atoms with Gasteiger partial charge < -0.3 is 15.0 Å². The smallest absolute Gasteiger partial charge is 0.0750 e. The Balaban J connectivity index is 2.09. The number of rotatable bonds is 7. The van der Waals surface area contributed by atoms with Crippen molar-refractivity contribution < 1.29 is 4.74 Å². The number of hydrogen-bond donors (Lipinski definition) is 1. The average molecular weight is 290 g/mol. The molecule has 0 saturated carbocycles. The van der Waals surface area contributed by atoms with Crippen LogP contribution in [0.1, 0.15) is 44.2 Å². The third kappa shape index (κ3) is 4.72. The van der Waals surface area contributed by atoms with Crippen LogP contribution in [-0.2, 0) is 11.3 Å². The van der Waals surface area contributed by atoms with Gasteiger partial charge in [-0.2, -0.15) is 0 Å². The van der Waals surface area contributed by atoms with Crippen molar-refractivity contribution in [2.45, 2.75) is 52.7 Å². The van der Waals surface area contributed by atoms with E-state index in [1.165, 1.54) is 36.1 Å². The lowest BCUT2D eigenvalue weighted by atomic mass is 10.0. The van der Waals surface area contributed by atoms with Gasteiger partial charge in [0.25, 0.3) is 0 Å². The molecule has 118 valence electrons. The number of anilines is 1. The van der Waals surface area contributed by atoms with Crippen molar-refractivity contribution in [1.82, 2.24) is 5.32 Å². The molecule has 1 saturated heterocycles. The van der Waals surface area contributed by atoms with E-state index in [-0.39, 0.29) is 0 Å². The molecule has 2 rings (SSSR count). The maximum absolute atomic E-state index is 5.84. The van der Waals surface area contributed by atoms with Crippen molar-refractivity contribution in [2.24, 2.45) is 0 Å². The molecule has 3 heteroatoms. The van der Waals surface area contributed by atoms with Crippen LogP contribution in [0, 0.1) is 6.92 Å². The lowest BCUT2D eigenvalue weighted by molar-refractivity contribution is 0.0526. The van der Waals surface area contributed by atoms with Crippen molar-refractivity contribution in [1.29, 1.82) is 0 Å². The molecule has 0 bridgehead atoms. The van der Waals surface area contributed by atoms with Crippen LogP contribution in [0.25, 0.3) is 0 Å². The second kappa shape index (κ2) is 8.40. The molecular formula is C18H30N2O.